The standard InChI is InChI=1S/C45H54N6O12/c1-25(43(58)59)46-40(55)34(19-28-13-7-4-8-14-28)49-37(52)31-22-32(38(53)50-35(20-29-15-9-5-10-16-29)41(56)47-26(2)44(60)61)24-33(23-31)39(54)51-36(21-30-17-11-6-12-18-30)42(57)48-27(3)45(62)63/h4-18,25-27,31-36H,19-24H2,1-3H3,(H,46,55)(H,47,56)(H,48,57)(H,49,52)(H,50,53)(H,51,54)(H,58,59)(H,60,61)(H,62,63)/t25-,26-,27-,31?,32?,33?,34?,35?,36?/m1/s1. The van der Waals surface area contributed by atoms with E-state index in [9.17, 15) is 58.5 Å². The van der Waals surface area contributed by atoms with Crippen LogP contribution in [0.1, 0.15) is 56.7 Å². The minimum atomic E-state index is -1.31. The van der Waals surface area contributed by atoms with Crippen LogP contribution in [0.2, 0.25) is 0 Å². The van der Waals surface area contributed by atoms with E-state index in [-0.39, 0.29) is 38.5 Å². The van der Waals surface area contributed by atoms with Crippen molar-refractivity contribution in [2.75, 3.05) is 0 Å². The quantitative estimate of drug-likeness (QED) is 0.0724. The molecule has 0 aromatic heterocycles. The number of aliphatic carboxylic acids is 3. The molecular formula is C45H54N6O12. The molecule has 18 heteroatoms. The maximum Gasteiger partial charge on any atom is 0.325 e. The van der Waals surface area contributed by atoms with E-state index in [1.54, 1.807) is 91.0 Å². The zero-order valence-electron chi connectivity index (χ0n) is 35.1. The van der Waals surface area contributed by atoms with Crippen LogP contribution >= 0.6 is 0 Å². The smallest absolute Gasteiger partial charge is 0.325 e. The lowest BCUT2D eigenvalue weighted by molar-refractivity contribution is -0.142. The SMILES string of the molecule is C[C@@H](NC(=O)C(Cc1ccccc1)NC(=O)C1CC(C(=O)NC(Cc2ccccc2)C(=O)N[C@H](C)C(=O)O)CC(C(=O)NC(Cc2ccccc2)C(=O)N[C@H](C)C(=O)O)C1)C(=O)O. The Hall–Kier alpha value is -7.11. The van der Waals surface area contributed by atoms with Gasteiger partial charge in [0.15, 0.2) is 0 Å². The van der Waals surface area contributed by atoms with E-state index in [0.29, 0.717) is 16.7 Å². The van der Waals surface area contributed by atoms with Crippen molar-refractivity contribution in [2.24, 2.45) is 17.8 Å². The van der Waals surface area contributed by atoms with E-state index in [2.05, 4.69) is 31.9 Å². The molecule has 0 bridgehead atoms. The topological polar surface area (TPSA) is 286 Å². The highest BCUT2D eigenvalue weighted by atomic mass is 16.4. The van der Waals surface area contributed by atoms with Crippen molar-refractivity contribution in [1.82, 2.24) is 31.9 Å². The zero-order chi connectivity index (χ0) is 46.2. The summed E-state index contributed by atoms with van der Waals surface area (Å²) in [6, 6.07) is 18.1. The molecule has 0 spiro atoms. The average Bonchev–Trinajstić information content (AvgIpc) is 3.26. The van der Waals surface area contributed by atoms with Crippen LogP contribution in [0.15, 0.2) is 91.0 Å². The maximum atomic E-state index is 14.3. The number of nitrogens with one attached hydrogen (secondary N) is 6. The molecule has 0 radical (unpaired) electrons. The highest BCUT2D eigenvalue weighted by Crippen LogP contribution is 2.35. The second-order valence-electron chi connectivity index (χ2n) is 15.8. The Balaban J connectivity index is 1.67. The Morgan fingerprint density at radius 1 is 0.413 bits per heavy atom. The van der Waals surface area contributed by atoms with Gasteiger partial charge >= 0.3 is 17.9 Å². The molecule has 1 saturated carbocycles. The molecule has 0 saturated heterocycles. The molecule has 6 amide bonds. The third kappa shape index (κ3) is 15.1. The van der Waals surface area contributed by atoms with Crippen molar-refractivity contribution >= 4 is 53.4 Å². The molecule has 1 aliphatic rings. The Morgan fingerprint density at radius 3 is 0.841 bits per heavy atom. The maximum absolute atomic E-state index is 14.3. The summed E-state index contributed by atoms with van der Waals surface area (Å²) < 4.78 is 0. The number of benzene rings is 3. The highest BCUT2D eigenvalue weighted by Gasteiger charge is 2.42. The molecule has 3 aromatic rings. The first kappa shape index (κ1) is 48.6. The van der Waals surface area contributed by atoms with Gasteiger partial charge in [0.2, 0.25) is 35.4 Å². The molecule has 3 unspecified atom stereocenters. The minimum absolute atomic E-state index is 0.0403. The van der Waals surface area contributed by atoms with Gasteiger partial charge in [0, 0.05) is 37.0 Å². The fourth-order valence-electron chi connectivity index (χ4n) is 7.13. The number of carboxylic acid groups (broad SMARTS) is 3. The Bertz CT molecular complexity index is 1860. The second-order valence-corrected chi connectivity index (χ2v) is 15.8. The predicted octanol–water partition coefficient (Wildman–Crippen LogP) is 0.969. The lowest BCUT2D eigenvalue weighted by Gasteiger charge is -2.35. The predicted molar refractivity (Wildman–Crippen MR) is 226 cm³/mol. The van der Waals surface area contributed by atoms with Crippen LogP contribution < -0.4 is 31.9 Å². The summed E-state index contributed by atoms with van der Waals surface area (Å²) in [6.45, 7) is 3.78. The summed E-state index contributed by atoms with van der Waals surface area (Å²) in [5, 5.41) is 43.6. The van der Waals surface area contributed by atoms with E-state index in [1.807, 2.05) is 0 Å². The van der Waals surface area contributed by atoms with Crippen molar-refractivity contribution < 1.29 is 58.5 Å². The molecule has 0 heterocycles. The number of rotatable bonds is 21. The van der Waals surface area contributed by atoms with Crippen molar-refractivity contribution in [2.45, 2.75) is 95.5 Å². The summed E-state index contributed by atoms with van der Waals surface area (Å²) in [5.41, 5.74) is 1.91. The van der Waals surface area contributed by atoms with Gasteiger partial charge in [0.05, 0.1) is 0 Å². The summed E-state index contributed by atoms with van der Waals surface area (Å²) in [7, 11) is 0. The first-order valence-electron chi connectivity index (χ1n) is 20.5. The molecule has 63 heavy (non-hydrogen) atoms. The van der Waals surface area contributed by atoms with E-state index < -0.39 is 107 Å². The summed E-state index contributed by atoms with van der Waals surface area (Å²) in [5.74, 6) is -11.8. The lowest BCUT2D eigenvalue weighted by atomic mass is 9.73. The minimum Gasteiger partial charge on any atom is -0.480 e. The third-order valence-electron chi connectivity index (χ3n) is 10.8. The van der Waals surface area contributed by atoms with Crippen LogP contribution in [0, 0.1) is 17.8 Å². The molecular weight excluding hydrogens is 817 g/mol. The molecule has 18 nitrogen and oxygen atoms in total. The van der Waals surface area contributed by atoms with Crippen molar-refractivity contribution in [3.05, 3.63) is 108 Å². The average molecular weight is 871 g/mol. The number of hydrogen-bond donors (Lipinski definition) is 9. The number of carbonyl (C=O) groups excluding carboxylic acids is 6. The largest absolute Gasteiger partial charge is 0.480 e. The molecule has 1 fully saturated rings. The first-order valence-corrected chi connectivity index (χ1v) is 20.5. The second kappa shape index (κ2) is 23.2. The van der Waals surface area contributed by atoms with Gasteiger partial charge in [-0.25, -0.2) is 0 Å². The van der Waals surface area contributed by atoms with Gasteiger partial charge in [-0.05, 0) is 56.7 Å². The summed E-state index contributed by atoms with van der Waals surface area (Å²) in [6.07, 6.45) is -0.615. The van der Waals surface area contributed by atoms with Gasteiger partial charge in [-0.1, -0.05) is 91.0 Å². The van der Waals surface area contributed by atoms with Crippen molar-refractivity contribution in [3.8, 4) is 0 Å². The number of hydrogen-bond acceptors (Lipinski definition) is 9. The molecule has 9 N–H and O–H groups in total. The molecule has 6 atom stereocenters. The molecule has 336 valence electrons. The van der Waals surface area contributed by atoms with Gasteiger partial charge < -0.3 is 47.2 Å². The monoisotopic (exact) mass is 870 g/mol. The van der Waals surface area contributed by atoms with Gasteiger partial charge in [0.1, 0.15) is 36.3 Å². The number of carbonyl (C=O) groups is 9. The first-order chi connectivity index (χ1) is 29.9. The van der Waals surface area contributed by atoms with Crippen LogP contribution in [0.25, 0.3) is 0 Å². The van der Waals surface area contributed by atoms with Crippen molar-refractivity contribution in [3.63, 3.8) is 0 Å². The van der Waals surface area contributed by atoms with Crippen LogP contribution in [-0.4, -0.2) is 105 Å². The van der Waals surface area contributed by atoms with Crippen LogP contribution in [0.3, 0.4) is 0 Å². The highest BCUT2D eigenvalue weighted by molar-refractivity contribution is 5.95. The molecule has 0 aliphatic heterocycles. The lowest BCUT2D eigenvalue weighted by Crippen LogP contribution is -2.56. The van der Waals surface area contributed by atoms with E-state index in [0.717, 1.165) is 0 Å². The number of amides is 6. The summed E-state index contributed by atoms with van der Waals surface area (Å²) >= 11 is 0. The van der Waals surface area contributed by atoms with E-state index >= 15 is 0 Å². The normalized spacial score (nSPS) is 18.6. The van der Waals surface area contributed by atoms with Crippen LogP contribution in [-0.2, 0) is 62.4 Å². The van der Waals surface area contributed by atoms with Crippen LogP contribution in [0.5, 0.6) is 0 Å². The fraction of sp³-hybridized carbons (Fsp3) is 0.400. The molecule has 3 aromatic carbocycles. The van der Waals surface area contributed by atoms with Gasteiger partial charge in [-0.3, -0.25) is 43.2 Å². The van der Waals surface area contributed by atoms with Crippen LogP contribution in [0.4, 0.5) is 0 Å². The van der Waals surface area contributed by atoms with Gasteiger partial charge in [0.25, 0.3) is 0 Å². The molecule has 1 aliphatic carbocycles. The van der Waals surface area contributed by atoms with Gasteiger partial charge in [-0.15, -0.1) is 0 Å². The van der Waals surface area contributed by atoms with E-state index in [1.165, 1.54) is 20.8 Å². The third-order valence-corrected chi connectivity index (χ3v) is 10.8. The van der Waals surface area contributed by atoms with Crippen molar-refractivity contribution in [1.29, 1.82) is 0 Å². The summed E-state index contributed by atoms with van der Waals surface area (Å²) in [4.78, 5) is 118. The Morgan fingerprint density at radius 2 is 0.635 bits per heavy atom. The zero-order valence-corrected chi connectivity index (χ0v) is 35.1. The van der Waals surface area contributed by atoms with Gasteiger partial charge in [-0.2, -0.15) is 0 Å². The van der Waals surface area contributed by atoms with E-state index in [4.69, 9.17) is 0 Å². The number of carboxylic acids is 3. The fourth-order valence-corrected chi connectivity index (χ4v) is 7.13. The Labute approximate surface area is 364 Å². The Kier molecular flexibility index (Phi) is 17.9. The molecule has 4 rings (SSSR count).